The lowest BCUT2D eigenvalue weighted by molar-refractivity contribution is -0.122. The third kappa shape index (κ3) is 0.618. The second kappa shape index (κ2) is 1.55. The largest absolute Gasteiger partial charge is 0.390 e. The molecule has 0 amide bonds. The minimum absolute atomic E-state index is 0.158. The average molecular weight is 128 g/mol. The summed E-state index contributed by atoms with van der Waals surface area (Å²) in [5.74, 6) is 0.158. The summed E-state index contributed by atoms with van der Waals surface area (Å²) < 4.78 is 5.10. The molecular formula is C6H8O3. The Labute approximate surface area is 52.6 Å². The van der Waals surface area contributed by atoms with Crippen molar-refractivity contribution in [3.63, 3.8) is 0 Å². The molecule has 0 aromatic rings. The second-order valence-corrected chi connectivity index (χ2v) is 2.64. The van der Waals surface area contributed by atoms with Crippen LogP contribution in [0.15, 0.2) is 0 Å². The molecular weight excluding hydrogens is 120 g/mol. The van der Waals surface area contributed by atoms with Gasteiger partial charge < -0.3 is 9.84 Å². The van der Waals surface area contributed by atoms with Crippen molar-refractivity contribution < 1.29 is 14.6 Å². The van der Waals surface area contributed by atoms with E-state index in [1.165, 1.54) is 0 Å². The molecule has 1 N–H and O–H groups in total. The van der Waals surface area contributed by atoms with Crippen LogP contribution >= 0.6 is 0 Å². The predicted octanol–water partition coefficient (Wildman–Crippen LogP) is -0.522. The molecule has 2 saturated heterocycles. The summed E-state index contributed by atoms with van der Waals surface area (Å²) in [6, 6.07) is 0. The van der Waals surface area contributed by atoms with E-state index in [2.05, 4.69) is 0 Å². The molecule has 0 unspecified atom stereocenters. The highest BCUT2D eigenvalue weighted by atomic mass is 16.5. The number of fused-ring (bicyclic) bond motifs is 2. The van der Waals surface area contributed by atoms with Crippen LogP contribution in [0.3, 0.4) is 0 Å². The van der Waals surface area contributed by atoms with E-state index >= 15 is 0 Å². The van der Waals surface area contributed by atoms with Gasteiger partial charge in [0.05, 0.1) is 12.2 Å². The Kier molecular flexibility index (Phi) is 0.926. The molecule has 3 nitrogen and oxygen atoms in total. The lowest BCUT2D eigenvalue weighted by atomic mass is 9.97. The van der Waals surface area contributed by atoms with Gasteiger partial charge >= 0.3 is 0 Å². The van der Waals surface area contributed by atoms with E-state index in [0.717, 1.165) is 0 Å². The molecule has 2 heterocycles. The molecule has 3 heteroatoms. The molecule has 3 atom stereocenters. The molecule has 2 aliphatic heterocycles. The predicted molar refractivity (Wildman–Crippen MR) is 28.9 cm³/mol. The summed E-state index contributed by atoms with van der Waals surface area (Å²) in [7, 11) is 0. The van der Waals surface area contributed by atoms with Crippen LogP contribution < -0.4 is 0 Å². The van der Waals surface area contributed by atoms with Crippen molar-refractivity contribution in [2.45, 2.75) is 31.2 Å². The van der Waals surface area contributed by atoms with Gasteiger partial charge in [-0.3, -0.25) is 4.79 Å². The molecule has 0 aromatic heterocycles. The number of carbonyl (C=O) groups excluding carboxylic acids is 1. The number of hydrogen-bond donors (Lipinski definition) is 1. The standard InChI is InChI=1S/C6H8O3/c7-3-1-5-4(8)2-6(3)9-5/h3,5-7H,1-2H2/t3-,5+,6+/m0/s1. The van der Waals surface area contributed by atoms with E-state index < -0.39 is 0 Å². The summed E-state index contributed by atoms with van der Waals surface area (Å²) in [6.07, 6.45) is 0.107. The van der Waals surface area contributed by atoms with Gasteiger partial charge in [-0.1, -0.05) is 0 Å². The van der Waals surface area contributed by atoms with Crippen molar-refractivity contribution in [3.8, 4) is 0 Å². The van der Waals surface area contributed by atoms with E-state index in [-0.39, 0.29) is 24.1 Å². The molecule has 0 aliphatic carbocycles. The van der Waals surface area contributed by atoms with Gasteiger partial charge in [-0.2, -0.15) is 0 Å². The van der Waals surface area contributed by atoms with Crippen LogP contribution in [-0.4, -0.2) is 29.2 Å². The Morgan fingerprint density at radius 3 is 2.78 bits per heavy atom. The number of aliphatic hydroxyl groups is 1. The number of hydrogen-bond acceptors (Lipinski definition) is 3. The van der Waals surface area contributed by atoms with Crippen LogP contribution in [-0.2, 0) is 9.53 Å². The molecule has 0 radical (unpaired) electrons. The number of ether oxygens (including phenoxy) is 1. The minimum Gasteiger partial charge on any atom is -0.390 e. The highest BCUT2D eigenvalue weighted by molar-refractivity contribution is 5.86. The number of Topliss-reactive ketones (excluding diaryl/α,β-unsaturated/α-hetero) is 1. The maximum Gasteiger partial charge on any atom is 0.164 e. The van der Waals surface area contributed by atoms with E-state index in [0.29, 0.717) is 12.8 Å². The van der Waals surface area contributed by atoms with Gasteiger partial charge in [0.1, 0.15) is 6.10 Å². The minimum atomic E-state index is -0.382. The summed E-state index contributed by atoms with van der Waals surface area (Å²) in [5.41, 5.74) is 0. The van der Waals surface area contributed by atoms with Crippen LogP contribution in [0.5, 0.6) is 0 Å². The zero-order chi connectivity index (χ0) is 6.43. The Balaban J connectivity index is 2.19. The molecule has 2 rings (SSSR count). The van der Waals surface area contributed by atoms with Gasteiger partial charge in [0.2, 0.25) is 0 Å². The lowest BCUT2D eigenvalue weighted by Gasteiger charge is -2.09. The van der Waals surface area contributed by atoms with Crippen molar-refractivity contribution >= 4 is 5.78 Å². The maximum atomic E-state index is 10.7. The Morgan fingerprint density at radius 2 is 2.44 bits per heavy atom. The molecule has 2 fully saturated rings. The van der Waals surface area contributed by atoms with E-state index in [4.69, 9.17) is 9.84 Å². The first-order chi connectivity index (χ1) is 4.27. The summed E-state index contributed by atoms with van der Waals surface area (Å²) in [5, 5.41) is 9.06. The van der Waals surface area contributed by atoms with Crippen LogP contribution in [0.4, 0.5) is 0 Å². The Bertz CT molecular complexity index is 152. The molecule has 50 valence electrons. The number of aliphatic hydroxyl groups excluding tert-OH is 1. The highest BCUT2D eigenvalue weighted by Gasteiger charge is 2.45. The first kappa shape index (κ1) is 5.38. The normalized spacial score (nSPS) is 48.6. The topological polar surface area (TPSA) is 46.5 Å². The average Bonchev–Trinajstić information content (AvgIpc) is 2.24. The number of carbonyl (C=O) groups is 1. The van der Waals surface area contributed by atoms with Crippen molar-refractivity contribution in [3.05, 3.63) is 0 Å². The molecule has 2 bridgehead atoms. The summed E-state index contributed by atoms with van der Waals surface area (Å²) >= 11 is 0. The van der Waals surface area contributed by atoms with Crippen LogP contribution in [0.1, 0.15) is 12.8 Å². The van der Waals surface area contributed by atoms with Gasteiger partial charge in [0, 0.05) is 12.8 Å². The van der Waals surface area contributed by atoms with Gasteiger partial charge in [0.15, 0.2) is 5.78 Å². The van der Waals surface area contributed by atoms with E-state index in [1.807, 2.05) is 0 Å². The van der Waals surface area contributed by atoms with Gasteiger partial charge in [0.25, 0.3) is 0 Å². The third-order valence-electron chi connectivity index (χ3n) is 1.99. The van der Waals surface area contributed by atoms with E-state index in [9.17, 15) is 4.79 Å². The van der Waals surface area contributed by atoms with Gasteiger partial charge in [-0.05, 0) is 0 Å². The van der Waals surface area contributed by atoms with Crippen molar-refractivity contribution in [2.75, 3.05) is 0 Å². The van der Waals surface area contributed by atoms with Crippen LogP contribution in [0.2, 0.25) is 0 Å². The maximum absolute atomic E-state index is 10.7. The number of ketones is 1. The van der Waals surface area contributed by atoms with Crippen LogP contribution in [0.25, 0.3) is 0 Å². The number of rotatable bonds is 0. The quantitative estimate of drug-likeness (QED) is 0.477. The van der Waals surface area contributed by atoms with E-state index in [1.54, 1.807) is 0 Å². The zero-order valence-electron chi connectivity index (χ0n) is 4.91. The van der Waals surface area contributed by atoms with Crippen LogP contribution in [0, 0.1) is 0 Å². The lowest BCUT2D eigenvalue weighted by Crippen LogP contribution is -2.26. The zero-order valence-corrected chi connectivity index (χ0v) is 4.91. The van der Waals surface area contributed by atoms with Crippen molar-refractivity contribution in [2.24, 2.45) is 0 Å². The Morgan fingerprint density at radius 1 is 1.67 bits per heavy atom. The monoisotopic (exact) mass is 128 g/mol. The first-order valence-corrected chi connectivity index (χ1v) is 3.13. The third-order valence-corrected chi connectivity index (χ3v) is 1.99. The molecule has 0 saturated carbocycles. The first-order valence-electron chi connectivity index (χ1n) is 3.13. The summed E-state index contributed by atoms with van der Waals surface area (Å²) in [6.45, 7) is 0. The SMILES string of the molecule is O=C1C[C@H]2O[C@@H]1C[C@@H]2O. The smallest absolute Gasteiger partial charge is 0.164 e. The Hall–Kier alpha value is -0.410. The fraction of sp³-hybridized carbons (Fsp3) is 0.833. The van der Waals surface area contributed by atoms with Crippen molar-refractivity contribution in [1.82, 2.24) is 0 Å². The van der Waals surface area contributed by atoms with Crippen molar-refractivity contribution in [1.29, 1.82) is 0 Å². The molecule has 9 heavy (non-hydrogen) atoms. The fourth-order valence-corrected chi connectivity index (χ4v) is 1.45. The van der Waals surface area contributed by atoms with Gasteiger partial charge in [-0.25, -0.2) is 0 Å². The summed E-state index contributed by atoms with van der Waals surface area (Å²) in [4.78, 5) is 10.7. The highest BCUT2D eigenvalue weighted by Crippen LogP contribution is 2.31. The molecule has 0 aromatic carbocycles. The van der Waals surface area contributed by atoms with Gasteiger partial charge in [-0.15, -0.1) is 0 Å². The second-order valence-electron chi connectivity index (χ2n) is 2.64. The fourth-order valence-electron chi connectivity index (χ4n) is 1.45. The molecule has 2 aliphatic rings. The molecule has 0 spiro atoms.